The number of fused-ring (bicyclic) bond motifs is 1. The van der Waals surface area contributed by atoms with Crippen LogP contribution in [-0.4, -0.2) is 88.4 Å². The number of halogens is 1. The number of hydrogen-bond donors (Lipinski definition) is 2. The average molecular weight is 637 g/mol. The summed E-state index contributed by atoms with van der Waals surface area (Å²) in [5, 5.41) is 11.7. The number of benzene rings is 2. The predicted octanol–water partition coefficient (Wildman–Crippen LogP) is 5.78. The maximum absolute atomic E-state index is 11.5. The number of amides is 1. The van der Waals surface area contributed by atoms with Crippen LogP contribution in [0.3, 0.4) is 0 Å². The van der Waals surface area contributed by atoms with Crippen LogP contribution in [0.4, 0.5) is 11.6 Å². The summed E-state index contributed by atoms with van der Waals surface area (Å²) in [4.78, 5) is 35.5. The Hall–Kier alpha value is -4.90. The molecule has 1 unspecified atom stereocenters. The molecule has 11 heteroatoms. The second-order valence-corrected chi connectivity index (χ2v) is 11.7. The van der Waals surface area contributed by atoms with Crippen molar-refractivity contribution in [3.05, 3.63) is 108 Å². The molecule has 0 radical (unpaired) electrons. The van der Waals surface area contributed by atoms with E-state index >= 15 is 0 Å². The average Bonchev–Trinajstić information content (AvgIpc) is 3.65. The summed E-state index contributed by atoms with van der Waals surface area (Å²) in [7, 11) is 6.00. The number of pyridine rings is 1. The Balaban J connectivity index is 0.000000211. The first-order valence-corrected chi connectivity index (χ1v) is 15.4. The van der Waals surface area contributed by atoms with Gasteiger partial charge >= 0.3 is 0 Å². The number of carbonyl (C=O) groups excluding carboxylic acids is 2. The van der Waals surface area contributed by atoms with Gasteiger partial charge < -0.3 is 20.4 Å². The summed E-state index contributed by atoms with van der Waals surface area (Å²) in [5.74, 6) is 0.478. The number of likely N-dealkylation sites (N-methyl/N-ethyl adjacent to an activating group) is 2. The van der Waals surface area contributed by atoms with Gasteiger partial charge in [0.2, 0.25) is 11.9 Å². The molecular formula is C35H37ClN8O2. The van der Waals surface area contributed by atoms with E-state index in [1.807, 2.05) is 72.2 Å². The van der Waals surface area contributed by atoms with E-state index in [0.717, 1.165) is 60.4 Å². The molecule has 1 aliphatic heterocycles. The number of carbonyl (C=O) groups is 2. The molecule has 0 saturated carbocycles. The number of rotatable bonds is 9. The third kappa shape index (κ3) is 8.63. The van der Waals surface area contributed by atoms with E-state index in [1.54, 1.807) is 36.5 Å². The molecule has 2 N–H and O–H groups in total. The molecule has 6 rings (SSSR count). The highest BCUT2D eigenvalue weighted by Gasteiger charge is 2.21. The minimum absolute atomic E-state index is 0.175. The largest absolute Gasteiger partial charge is 0.350 e. The standard InChI is InChI=1S/C22H21ClN6.C13H16N2O2/c1-28-13-10-17(14-28)25-22-24-11-9-18(26-22)20-19-4-2-3-12-29(19)27-21(20)15-5-7-16(23)8-6-15;1-15(2)9-3-4-13(17)14-12-7-5-11(10-16)6-8-12/h2-9,11-12,17H,10,13-14H2,1H3,(H,24,25,26);3-8,10H,9H2,1-2H3,(H,14,17)/b;4-3+. The highest BCUT2D eigenvalue weighted by atomic mass is 35.5. The summed E-state index contributed by atoms with van der Waals surface area (Å²) in [6.07, 6.45) is 8.90. The highest BCUT2D eigenvalue weighted by molar-refractivity contribution is 6.30. The lowest BCUT2D eigenvalue weighted by molar-refractivity contribution is -0.111. The molecule has 0 aliphatic carbocycles. The van der Waals surface area contributed by atoms with Gasteiger partial charge in [-0.1, -0.05) is 35.9 Å². The van der Waals surface area contributed by atoms with Crippen LogP contribution in [-0.2, 0) is 4.79 Å². The van der Waals surface area contributed by atoms with Gasteiger partial charge in [-0.25, -0.2) is 14.5 Å². The predicted molar refractivity (Wildman–Crippen MR) is 184 cm³/mol. The van der Waals surface area contributed by atoms with Crippen molar-refractivity contribution >= 4 is 40.9 Å². The van der Waals surface area contributed by atoms with E-state index in [-0.39, 0.29) is 5.91 Å². The molecule has 1 fully saturated rings. The maximum Gasteiger partial charge on any atom is 0.248 e. The summed E-state index contributed by atoms with van der Waals surface area (Å²) in [6, 6.07) is 22.8. The Bertz CT molecular complexity index is 1800. The molecule has 1 aliphatic rings. The quantitative estimate of drug-likeness (QED) is 0.155. The van der Waals surface area contributed by atoms with Crippen LogP contribution < -0.4 is 10.6 Å². The number of aromatic nitrogens is 4. The Morgan fingerprint density at radius 3 is 2.54 bits per heavy atom. The van der Waals surface area contributed by atoms with E-state index in [0.29, 0.717) is 28.3 Å². The SMILES string of the molecule is CN(C)C/C=C/C(=O)Nc1ccc(C=O)cc1.CN1CCC(Nc2nccc(-c3c(-c4ccc(Cl)cc4)nn4ccccc34)n2)C1. The zero-order chi connectivity index (χ0) is 32.5. The lowest BCUT2D eigenvalue weighted by atomic mass is 10.0. The topological polar surface area (TPSA) is 108 Å². The minimum Gasteiger partial charge on any atom is -0.350 e. The van der Waals surface area contributed by atoms with Crippen LogP contribution in [0.2, 0.25) is 5.02 Å². The number of nitrogens with one attached hydrogen (secondary N) is 2. The van der Waals surface area contributed by atoms with E-state index in [9.17, 15) is 9.59 Å². The van der Waals surface area contributed by atoms with Crippen LogP contribution in [0, 0.1) is 0 Å². The van der Waals surface area contributed by atoms with Crippen LogP contribution >= 0.6 is 11.6 Å². The maximum atomic E-state index is 11.5. The fourth-order valence-electron chi connectivity index (χ4n) is 5.06. The number of aldehydes is 1. The van der Waals surface area contributed by atoms with Crippen molar-refractivity contribution in [1.29, 1.82) is 0 Å². The molecule has 1 atom stereocenters. The Morgan fingerprint density at radius 1 is 1.07 bits per heavy atom. The lowest BCUT2D eigenvalue weighted by Gasteiger charge is -2.13. The molecule has 0 spiro atoms. The zero-order valence-corrected chi connectivity index (χ0v) is 26.9. The van der Waals surface area contributed by atoms with Gasteiger partial charge in [0.25, 0.3) is 0 Å². The Kier molecular flexibility index (Phi) is 10.9. The first-order chi connectivity index (χ1) is 22.3. The first kappa shape index (κ1) is 32.5. The summed E-state index contributed by atoms with van der Waals surface area (Å²) < 4.78 is 1.89. The van der Waals surface area contributed by atoms with Gasteiger partial charge in [0.15, 0.2) is 0 Å². The number of anilines is 2. The molecule has 236 valence electrons. The van der Waals surface area contributed by atoms with Gasteiger partial charge in [0.1, 0.15) is 12.0 Å². The third-order valence-electron chi connectivity index (χ3n) is 7.35. The Morgan fingerprint density at radius 2 is 1.85 bits per heavy atom. The molecule has 3 aromatic heterocycles. The minimum atomic E-state index is -0.175. The van der Waals surface area contributed by atoms with Crippen molar-refractivity contribution in [2.75, 3.05) is 51.4 Å². The third-order valence-corrected chi connectivity index (χ3v) is 7.60. The smallest absolute Gasteiger partial charge is 0.248 e. The van der Waals surface area contributed by atoms with Crippen LogP contribution in [0.5, 0.6) is 0 Å². The number of likely N-dealkylation sites (tertiary alicyclic amines) is 1. The highest BCUT2D eigenvalue weighted by Crippen LogP contribution is 2.34. The van der Waals surface area contributed by atoms with Gasteiger partial charge in [0, 0.05) is 59.4 Å². The van der Waals surface area contributed by atoms with E-state index in [1.165, 1.54) is 6.08 Å². The molecule has 5 aromatic rings. The fourth-order valence-corrected chi connectivity index (χ4v) is 5.19. The van der Waals surface area contributed by atoms with Crippen LogP contribution in [0.1, 0.15) is 16.8 Å². The second-order valence-electron chi connectivity index (χ2n) is 11.3. The van der Waals surface area contributed by atoms with Crippen molar-refractivity contribution < 1.29 is 9.59 Å². The first-order valence-electron chi connectivity index (χ1n) is 15.0. The van der Waals surface area contributed by atoms with Crippen molar-refractivity contribution in [3.63, 3.8) is 0 Å². The monoisotopic (exact) mass is 636 g/mol. The zero-order valence-electron chi connectivity index (χ0n) is 26.1. The van der Waals surface area contributed by atoms with Crippen molar-refractivity contribution in [2.45, 2.75) is 12.5 Å². The molecule has 2 aromatic carbocycles. The molecule has 46 heavy (non-hydrogen) atoms. The van der Waals surface area contributed by atoms with Crippen molar-refractivity contribution in [3.8, 4) is 22.5 Å². The van der Waals surface area contributed by atoms with Gasteiger partial charge in [0.05, 0.1) is 16.8 Å². The summed E-state index contributed by atoms with van der Waals surface area (Å²) in [5.41, 5.74) is 5.97. The molecular weight excluding hydrogens is 600 g/mol. The number of nitrogens with zero attached hydrogens (tertiary/aromatic N) is 6. The van der Waals surface area contributed by atoms with Gasteiger partial charge in [-0.15, -0.1) is 0 Å². The van der Waals surface area contributed by atoms with Gasteiger partial charge in [-0.05, 0) is 88.7 Å². The molecule has 4 heterocycles. The fraction of sp³-hybridized carbons (Fsp3) is 0.229. The summed E-state index contributed by atoms with van der Waals surface area (Å²) >= 11 is 6.09. The van der Waals surface area contributed by atoms with E-state index in [4.69, 9.17) is 21.7 Å². The molecule has 10 nitrogen and oxygen atoms in total. The van der Waals surface area contributed by atoms with Gasteiger partial charge in [-0.2, -0.15) is 5.10 Å². The summed E-state index contributed by atoms with van der Waals surface area (Å²) in [6.45, 7) is 2.81. The second kappa shape index (κ2) is 15.4. The Labute approximate surface area is 273 Å². The van der Waals surface area contributed by atoms with Crippen LogP contribution in [0.15, 0.2) is 97.3 Å². The lowest BCUT2D eigenvalue weighted by Crippen LogP contribution is -2.24. The van der Waals surface area contributed by atoms with Crippen molar-refractivity contribution in [2.24, 2.45) is 0 Å². The normalized spacial score (nSPS) is 14.8. The molecule has 0 bridgehead atoms. The van der Waals surface area contributed by atoms with Gasteiger partial charge in [-0.3, -0.25) is 9.59 Å². The van der Waals surface area contributed by atoms with Crippen LogP contribution in [0.25, 0.3) is 28.0 Å². The molecule has 1 amide bonds. The van der Waals surface area contributed by atoms with E-state index < -0.39 is 0 Å². The molecule has 1 saturated heterocycles. The number of hydrogen-bond acceptors (Lipinski definition) is 8. The van der Waals surface area contributed by atoms with Crippen molar-refractivity contribution in [1.82, 2.24) is 29.4 Å². The van der Waals surface area contributed by atoms with E-state index in [2.05, 4.69) is 33.6 Å².